The summed E-state index contributed by atoms with van der Waals surface area (Å²) < 4.78 is 0. The molecule has 102 valence electrons. The summed E-state index contributed by atoms with van der Waals surface area (Å²) in [6.45, 7) is 0.105. The van der Waals surface area contributed by atoms with Crippen LogP contribution in [0.5, 0.6) is 0 Å². The average Bonchev–Trinajstić information content (AvgIpc) is 2.89. The molecule has 0 radical (unpaired) electrons. The third-order valence-electron chi connectivity index (χ3n) is 3.39. The molecule has 1 fully saturated rings. The van der Waals surface area contributed by atoms with Gasteiger partial charge in [-0.15, -0.1) is 0 Å². The van der Waals surface area contributed by atoms with Gasteiger partial charge in [0.15, 0.2) is 0 Å². The van der Waals surface area contributed by atoms with Gasteiger partial charge in [0.25, 0.3) is 0 Å². The van der Waals surface area contributed by atoms with E-state index >= 15 is 0 Å². The molecule has 19 heavy (non-hydrogen) atoms. The van der Waals surface area contributed by atoms with Crippen molar-refractivity contribution in [2.75, 3.05) is 11.4 Å². The Hall–Kier alpha value is -2.11. The van der Waals surface area contributed by atoms with Gasteiger partial charge < -0.3 is 15.7 Å². The number of aromatic carboxylic acids is 1. The maximum absolute atomic E-state index is 11.2. The third kappa shape index (κ3) is 3.21. The highest BCUT2D eigenvalue weighted by Crippen LogP contribution is 2.28. The van der Waals surface area contributed by atoms with Crippen molar-refractivity contribution in [1.82, 2.24) is 4.98 Å². The molecule has 1 aliphatic carbocycles. The van der Waals surface area contributed by atoms with Crippen LogP contribution in [0.3, 0.4) is 0 Å². The van der Waals surface area contributed by atoms with Crippen molar-refractivity contribution in [3.8, 4) is 0 Å². The fraction of sp³-hybridized carbons (Fsp3) is 0.462. The molecule has 1 aromatic rings. The zero-order valence-corrected chi connectivity index (χ0v) is 10.6. The number of pyridine rings is 1. The van der Waals surface area contributed by atoms with Gasteiger partial charge in [0.2, 0.25) is 5.91 Å². The molecular formula is C13H17N3O3. The van der Waals surface area contributed by atoms with Crippen LogP contribution in [-0.2, 0) is 4.79 Å². The molecule has 0 aliphatic heterocycles. The maximum atomic E-state index is 11.2. The minimum atomic E-state index is -1.08. The standard InChI is InChI=1S/C13H17N3O3/c14-12(17)8-16(9-3-1-2-4-9)10-5-6-15-11(7-10)13(18)19/h5-7,9H,1-4,8H2,(H2,14,17)(H,18,19). The highest BCUT2D eigenvalue weighted by molar-refractivity contribution is 5.87. The molecule has 0 saturated heterocycles. The van der Waals surface area contributed by atoms with Gasteiger partial charge in [-0.3, -0.25) is 4.79 Å². The summed E-state index contributed by atoms with van der Waals surface area (Å²) in [6.07, 6.45) is 5.69. The molecule has 0 unspecified atom stereocenters. The number of carbonyl (C=O) groups excluding carboxylic acids is 1. The van der Waals surface area contributed by atoms with Gasteiger partial charge in [0, 0.05) is 17.9 Å². The minimum Gasteiger partial charge on any atom is -0.477 e. The second-order valence-electron chi connectivity index (χ2n) is 4.74. The maximum Gasteiger partial charge on any atom is 0.354 e. The van der Waals surface area contributed by atoms with Crippen molar-refractivity contribution in [2.45, 2.75) is 31.7 Å². The molecule has 0 aromatic carbocycles. The molecule has 3 N–H and O–H groups in total. The molecule has 6 nitrogen and oxygen atoms in total. The minimum absolute atomic E-state index is 0.0232. The lowest BCUT2D eigenvalue weighted by Gasteiger charge is -2.30. The number of hydrogen-bond acceptors (Lipinski definition) is 4. The van der Waals surface area contributed by atoms with Crippen LogP contribution in [0.1, 0.15) is 36.2 Å². The number of rotatable bonds is 5. The van der Waals surface area contributed by atoms with Crippen LogP contribution in [0.4, 0.5) is 5.69 Å². The number of aromatic nitrogens is 1. The van der Waals surface area contributed by atoms with Crippen molar-refractivity contribution < 1.29 is 14.7 Å². The van der Waals surface area contributed by atoms with Crippen LogP contribution in [0.15, 0.2) is 18.3 Å². The summed E-state index contributed by atoms with van der Waals surface area (Å²) in [5.41, 5.74) is 5.95. The normalized spacial score (nSPS) is 15.4. The van der Waals surface area contributed by atoms with Crippen molar-refractivity contribution in [3.05, 3.63) is 24.0 Å². The van der Waals surface area contributed by atoms with Crippen molar-refractivity contribution in [1.29, 1.82) is 0 Å². The van der Waals surface area contributed by atoms with Gasteiger partial charge >= 0.3 is 5.97 Å². The first-order valence-electron chi connectivity index (χ1n) is 6.32. The molecule has 1 heterocycles. The van der Waals surface area contributed by atoms with E-state index in [0.717, 1.165) is 25.7 Å². The number of carbonyl (C=O) groups is 2. The molecule has 1 aliphatic rings. The van der Waals surface area contributed by atoms with E-state index in [4.69, 9.17) is 10.8 Å². The van der Waals surface area contributed by atoms with Crippen molar-refractivity contribution in [2.24, 2.45) is 5.73 Å². The zero-order chi connectivity index (χ0) is 13.8. The Kier molecular flexibility index (Phi) is 3.99. The van der Waals surface area contributed by atoms with Gasteiger partial charge in [0.05, 0.1) is 6.54 Å². The number of amides is 1. The molecule has 6 heteroatoms. The van der Waals surface area contributed by atoms with Crippen LogP contribution in [0.2, 0.25) is 0 Å². The van der Waals surface area contributed by atoms with Crippen molar-refractivity contribution >= 4 is 17.6 Å². The summed E-state index contributed by atoms with van der Waals surface area (Å²) in [6, 6.07) is 3.45. The summed E-state index contributed by atoms with van der Waals surface area (Å²) in [7, 11) is 0. The molecular weight excluding hydrogens is 246 g/mol. The predicted octanol–water partition coefficient (Wildman–Crippen LogP) is 1.01. The van der Waals surface area contributed by atoms with E-state index in [2.05, 4.69) is 4.98 Å². The van der Waals surface area contributed by atoms with E-state index in [-0.39, 0.29) is 18.3 Å². The Balaban J connectivity index is 2.28. The number of nitrogens with zero attached hydrogens (tertiary/aromatic N) is 2. The highest BCUT2D eigenvalue weighted by Gasteiger charge is 2.24. The Bertz CT molecular complexity index is 484. The van der Waals surface area contributed by atoms with E-state index in [1.165, 1.54) is 12.3 Å². The van der Waals surface area contributed by atoms with E-state index in [1.807, 2.05) is 4.90 Å². The summed E-state index contributed by atoms with van der Waals surface area (Å²) in [5.74, 6) is -1.49. The molecule has 2 rings (SSSR count). The monoisotopic (exact) mass is 263 g/mol. The topological polar surface area (TPSA) is 96.5 Å². The van der Waals surface area contributed by atoms with E-state index < -0.39 is 11.9 Å². The average molecular weight is 263 g/mol. The summed E-state index contributed by atoms with van der Waals surface area (Å²) in [5, 5.41) is 8.97. The van der Waals surface area contributed by atoms with Gasteiger partial charge in [-0.05, 0) is 25.0 Å². The van der Waals surface area contributed by atoms with Gasteiger partial charge in [-0.1, -0.05) is 12.8 Å². The Labute approximate surface area is 111 Å². The van der Waals surface area contributed by atoms with E-state index in [1.54, 1.807) is 6.07 Å². The lowest BCUT2D eigenvalue weighted by atomic mass is 10.1. The van der Waals surface area contributed by atoms with Gasteiger partial charge in [0.1, 0.15) is 5.69 Å². The van der Waals surface area contributed by atoms with Crippen molar-refractivity contribution in [3.63, 3.8) is 0 Å². The van der Waals surface area contributed by atoms with E-state index in [9.17, 15) is 9.59 Å². The second-order valence-corrected chi connectivity index (χ2v) is 4.74. The van der Waals surface area contributed by atoms with E-state index in [0.29, 0.717) is 5.69 Å². The smallest absolute Gasteiger partial charge is 0.354 e. The molecule has 0 bridgehead atoms. The number of primary amides is 1. The van der Waals surface area contributed by atoms with Crippen LogP contribution < -0.4 is 10.6 Å². The molecule has 0 atom stereocenters. The molecule has 1 aromatic heterocycles. The number of anilines is 1. The molecule has 1 amide bonds. The van der Waals surface area contributed by atoms with Gasteiger partial charge in [-0.25, -0.2) is 9.78 Å². The van der Waals surface area contributed by atoms with Crippen LogP contribution in [0, 0.1) is 0 Å². The fourth-order valence-corrected chi connectivity index (χ4v) is 2.53. The highest BCUT2D eigenvalue weighted by atomic mass is 16.4. The zero-order valence-electron chi connectivity index (χ0n) is 10.6. The lowest BCUT2D eigenvalue weighted by molar-refractivity contribution is -0.116. The third-order valence-corrected chi connectivity index (χ3v) is 3.39. The fourth-order valence-electron chi connectivity index (χ4n) is 2.53. The molecule has 0 spiro atoms. The number of nitrogens with two attached hydrogens (primary N) is 1. The Morgan fingerprint density at radius 2 is 2.11 bits per heavy atom. The second kappa shape index (κ2) is 5.69. The first kappa shape index (κ1) is 13.3. The lowest BCUT2D eigenvalue weighted by Crippen LogP contribution is -2.40. The molecule has 1 saturated carbocycles. The quantitative estimate of drug-likeness (QED) is 0.826. The van der Waals surface area contributed by atoms with Crippen LogP contribution in [-0.4, -0.2) is 34.6 Å². The summed E-state index contributed by atoms with van der Waals surface area (Å²) >= 11 is 0. The van der Waals surface area contributed by atoms with Crippen LogP contribution >= 0.6 is 0 Å². The van der Waals surface area contributed by atoms with Gasteiger partial charge in [-0.2, -0.15) is 0 Å². The van der Waals surface area contributed by atoms with Crippen LogP contribution in [0.25, 0.3) is 0 Å². The number of carboxylic acid groups (broad SMARTS) is 1. The summed E-state index contributed by atoms with van der Waals surface area (Å²) in [4.78, 5) is 27.8. The Morgan fingerprint density at radius 1 is 1.42 bits per heavy atom. The Morgan fingerprint density at radius 3 is 2.68 bits per heavy atom. The predicted molar refractivity (Wildman–Crippen MR) is 70.0 cm³/mol. The SMILES string of the molecule is NC(=O)CN(c1ccnc(C(=O)O)c1)C1CCCC1. The largest absolute Gasteiger partial charge is 0.477 e. The first-order chi connectivity index (χ1) is 9.08. The number of carboxylic acids is 1. The number of hydrogen-bond donors (Lipinski definition) is 2. The first-order valence-corrected chi connectivity index (χ1v) is 6.32.